The van der Waals surface area contributed by atoms with Crippen LogP contribution in [0.2, 0.25) is 0 Å². The lowest BCUT2D eigenvalue weighted by Gasteiger charge is -2.31. The quantitative estimate of drug-likeness (QED) is 0.866. The van der Waals surface area contributed by atoms with Crippen LogP contribution in [0, 0.1) is 5.92 Å². The number of nitrogens with zero attached hydrogens (tertiary/aromatic N) is 1. The van der Waals surface area contributed by atoms with Gasteiger partial charge >= 0.3 is 6.03 Å². The maximum absolute atomic E-state index is 12.5. The summed E-state index contributed by atoms with van der Waals surface area (Å²) in [6, 6.07) is 18.0. The summed E-state index contributed by atoms with van der Waals surface area (Å²) < 4.78 is 5.22. The van der Waals surface area contributed by atoms with Gasteiger partial charge in [-0.15, -0.1) is 0 Å². The van der Waals surface area contributed by atoms with Crippen LogP contribution in [0.4, 0.5) is 10.5 Å². The smallest absolute Gasteiger partial charge is 0.322 e. The van der Waals surface area contributed by atoms with Crippen molar-refractivity contribution in [3.8, 4) is 5.75 Å². The predicted molar refractivity (Wildman–Crippen MR) is 105 cm³/mol. The Morgan fingerprint density at radius 3 is 2.69 bits per heavy atom. The molecule has 0 saturated carbocycles. The molecule has 1 aliphatic heterocycles. The van der Waals surface area contributed by atoms with E-state index in [0.717, 1.165) is 37.2 Å². The van der Waals surface area contributed by atoms with E-state index in [9.17, 15) is 4.79 Å². The van der Waals surface area contributed by atoms with E-state index in [1.54, 1.807) is 19.1 Å². The van der Waals surface area contributed by atoms with Crippen molar-refractivity contribution in [2.75, 3.05) is 25.6 Å². The third kappa shape index (κ3) is 4.76. The van der Waals surface area contributed by atoms with Gasteiger partial charge in [-0.3, -0.25) is 10.2 Å². The first-order valence-electron chi connectivity index (χ1n) is 9.11. The van der Waals surface area contributed by atoms with Crippen LogP contribution >= 0.6 is 0 Å². The second-order valence-electron chi connectivity index (χ2n) is 6.80. The van der Waals surface area contributed by atoms with Crippen LogP contribution in [0.5, 0.6) is 5.75 Å². The van der Waals surface area contributed by atoms with Crippen molar-refractivity contribution in [3.05, 3.63) is 60.2 Å². The molecule has 26 heavy (non-hydrogen) atoms. The standard InChI is InChI=1S/C21H27N3O2/c1-24(18-9-6-10-19(14-18)26-2)21(25)23-20-12-11-17(15-22-20)13-16-7-4-3-5-8-16/h3-10,14,17,20,22H,11-13,15H2,1-2H3,(H,23,25)/t17-,20+/m1/s1. The van der Waals surface area contributed by atoms with Gasteiger partial charge in [0.1, 0.15) is 5.75 Å². The van der Waals surface area contributed by atoms with E-state index in [0.29, 0.717) is 5.92 Å². The van der Waals surface area contributed by atoms with Gasteiger partial charge in [-0.1, -0.05) is 36.4 Å². The van der Waals surface area contributed by atoms with Gasteiger partial charge < -0.3 is 10.1 Å². The van der Waals surface area contributed by atoms with Crippen LogP contribution in [0.15, 0.2) is 54.6 Å². The van der Waals surface area contributed by atoms with Crippen LogP contribution in [-0.2, 0) is 6.42 Å². The second-order valence-corrected chi connectivity index (χ2v) is 6.80. The van der Waals surface area contributed by atoms with Crippen molar-refractivity contribution in [2.24, 2.45) is 5.92 Å². The maximum Gasteiger partial charge on any atom is 0.322 e. The molecule has 0 spiro atoms. The molecule has 5 heteroatoms. The molecule has 2 aromatic rings. The molecule has 0 aliphatic carbocycles. The summed E-state index contributed by atoms with van der Waals surface area (Å²) in [6.45, 7) is 0.919. The number of piperidine rings is 1. The predicted octanol–water partition coefficient (Wildman–Crippen LogP) is 3.41. The topological polar surface area (TPSA) is 53.6 Å². The molecular weight excluding hydrogens is 326 g/mol. The van der Waals surface area contributed by atoms with Crippen molar-refractivity contribution < 1.29 is 9.53 Å². The number of amides is 2. The minimum atomic E-state index is -0.114. The number of anilines is 1. The van der Waals surface area contributed by atoms with E-state index in [4.69, 9.17) is 4.74 Å². The molecular formula is C21H27N3O2. The molecule has 0 bridgehead atoms. The average Bonchev–Trinajstić information content (AvgIpc) is 2.69. The number of methoxy groups -OCH3 is 1. The molecule has 0 aromatic heterocycles. The number of carbonyl (C=O) groups is 1. The number of hydrogen-bond donors (Lipinski definition) is 2. The highest BCUT2D eigenvalue weighted by molar-refractivity contribution is 5.91. The molecule has 1 aliphatic rings. The van der Waals surface area contributed by atoms with Gasteiger partial charge in [0.15, 0.2) is 0 Å². The average molecular weight is 353 g/mol. The van der Waals surface area contributed by atoms with Crippen LogP contribution < -0.4 is 20.3 Å². The monoisotopic (exact) mass is 353 g/mol. The zero-order chi connectivity index (χ0) is 18.4. The third-order valence-corrected chi connectivity index (χ3v) is 4.93. The Morgan fingerprint density at radius 2 is 2.00 bits per heavy atom. The molecule has 1 heterocycles. The van der Waals surface area contributed by atoms with Crippen LogP contribution in [0.1, 0.15) is 18.4 Å². The van der Waals surface area contributed by atoms with Crippen molar-refractivity contribution in [3.63, 3.8) is 0 Å². The highest BCUT2D eigenvalue weighted by Gasteiger charge is 2.23. The minimum Gasteiger partial charge on any atom is -0.497 e. The van der Waals surface area contributed by atoms with Gasteiger partial charge in [0.2, 0.25) is 0 Å². The van der Waals surface area contributed by atoms with E-state index in [2.05, 4.69) is 34.9 Å². The molecule has 2 N–H and O–H groups in total. The second kappa shape index (κ2) is 8.72. The summed E-state index contributed by atoms with van der Waals surface area (Å²) in [5.41, 5.74) is 2.18. The summed E-state index contributed by atoms with van der Waals surface area (Å²) in [7, 11) is 3.39. The molecule has 2 atom stereocenters. The van der Waals surface area contributed by atoms with E-state index >= 15 is 0 Å². The normalized spacial score (nSPS) is 19.6. The van der Waals surface area contributed by atoms with Crippen LogP contribution in [0.3, 0.4) is 0 Å². The minimum absolute atomic E-state index is 0.0163. The Morgan fingerprint density at radius 1 is 1.19 bits per heavy atom. The van der Waals surface area contributed by atoms with Gasteiger partial charge in [0.25, 0.3) is 0 Å². The van der Waals surface area contributed by atoms with Gasteiger partial charge in [0.05, 0.1) is 13.3 Å². The lowest BCUT2D eigenvalue weighted by atomic mass is 9.91. The molecule has 3 rings (SSSR count). The molecule has 138 valence electrons. The fourth-order valence-corrected chi connectivity index (χ4v) is 3.34. The first-order chi connectivity index (χ1) is 12.7. The number of benzene rings is 2. The van der Waals surface area contributed by atoms with Gasteiger partial charge in [-0.25, -0.2) is 4.79 Å². The summed E-state index contributed by atoms with van der Waals surface area (Å²) in [4.78, 5) is 14.1. The SMILES string of the molecule is COc1cccc(N(C)C(=O)N[C@H]2CC[C@H](Cc3ccccc3)CN2)c1. The van der Waals surface area contributed by atoms with Crippen molar-refractivity contribution in [1.29, 1.82) is 0 Å². The van der Waals surface area contributed by atoms with Crippen LogP contribution in [0.25, 0.3) is 0 Å². The Labute approximate surface area is 155 Å². The zero-order valence-corrected chi connectivity index (χ0v) is 15.4. The maximum atomic E-state index is 12.5. The highest BCUT2D eigenvalue weighted by atomic mass is 16.5. The molecule has 1 fully saturated rings. The lowest BCUT2D eigenvalue weighted by Crippen LogP contribution is -2.53. The summed E-state index contributed by atoms with van der Waals surface area (Å²) in [6.07, 6.45) is 3.14. The molecule has 2 aromatic carbocycles. The van der Waals surface area contributed by atoms with Crippen molar-refractivity contribution >= 4 is 11.7 Å². The molecule has 1 saturated heterocycles. The third-order valence-electron chi connectivity index (χ3n) is 4.93. The Kier molecular flexibility index (Phi) is 6.12. The highest BCUT2D eigenvalue weighted by Crippen LogP contribution is 2.21. The van der Waals surface area contributed by atoms with E-state index in [1.165, 1.54) is 5.56 Å². The fourth-order valence-electron chi connectivity index (χ4n) is 3.34. The number of nitrogens with one attached hydrogen (secondary N) is 2. The van der Waals surface area contributed by atoms with Gasteiger partial charge in [-0.05, 0) is 42.9 Å². The molecule has 0 radical (unpaired) electrons. The van der Waals surface area contributed by atoms with Crippen molar-refractivity contribution in [1.82, 2.24) is 10.6 Å². The van der Waals surface area contributed by atoms with Crippen molar-refractivity contribution in [2.45, 2.75) is 25.4 Å². The van der Waals surface area contributed by atoms with Gasteiger partial charge in [0, 0.05) is 25.3 Å². The van der Waals surface area contributed by atoms with E-state index in [-0.39, 0.29) is 12.2 Å². The lowest BCUT2D eigenvalue weighted by molar-refractivity contribution is 0.228. The summed E-state index contributed by atoms with van der Waals surface area (Å²) in [5, 5.41) is 6.54. The summed E-state index contributed by atoms with van der Waals surface area (Å²) >= 11 is 0. The van der Waals surface area contributed by atoms with E-state index in [1.807, 2.05) is 30.3 Å². The molecule has 0 unspecified atom stereocenters. The molecule has 5 nitrogen and oxygen atoms in total. The Bertz CT molecular complexity index is 712. The number of rotatable bonds is 5. The number of carbonyl (C=O) groups excluding carboxylic acids is 1. The first-order valence-corrected chi connectivity index (χ1v) is 9.11. The molecule has 2 amide bonds. The Hall–Kier alpha value is -2.53. The zero-order valence-electron chi connectivity index (χ0n) is 15.4. The number of ether oxygens (including phenoxy) is 1. The summed E-state index contributed by atoms with van der Waals surface area (Å²) in [5.74, 6) is 1.35. The number of urea groups is 1. The Balaban J connectivity index is 1.48. The van der Waals surface area contributed by atoms with Gasteiger partial charge in [-0.2, -0.15) is 0 Å². The largest absolute Gasteiger partial charge is 0.497 e. The first kappa shape index (κ1) is 18.3. The van der Waals surface area contributed by atoms with Crippen LogP contribution in [-0.4, -0.2) is 32.9 Å². The fraction of sp³-hybridized carbons (Fsp3) is 0.381. The van der Waals surface area contributed by atoms with E-state index < -0.39 is 0 Å². The number of hydrogen-bond acceptors (Lipinski definition) is 3.